The summed E-state index contributed by atoms with van der Waals surface area (Å²) >= 11 is 0. The number of nitrogens with zero attached hydrogens (tertiary/aromatic N) is 2. The van der Waals surface area contributed by atoms with Crippen molar-refractivity contribution in [1.29, 1.82) is 0 Å². The molecule has 1 amide bonds. The van der Waals surface area contributed by atoms with Crippen LogP contribution in [0, 0.1) is 5.92 Å². The lowest BCUT2D eigenvalue weighted by atomic mass is 10.2. The van der Waals surface area contributed by atoms with Gasteiger partial charge in [0.1, 0.15) is 5.69 Å². The molecule has 0 aliphatic heterocycles. The Bertz CT molecular complexity index is 398. The minimum atomic E-state index is -0.908. The molecule has 0 bridgehead atoms. The van der Waals surface area contributed by atoms with Crippen LogP contribution in [-0.4, -0.2) is 33.3 Å². The van der Waals surface area contributed by atoms with E-state index in [0.717, 1.165) is 0 Å². The Balaban J connectivity index is 2.61. The normalized spacial score (nSPS) is 10.5. The van der Waals surface area contributed by atoms with Gasteiger partial charge in [-0.3, -0.25) is 14.3 Å². The van der Waals surface area contributed by atoms with E-state index in [1.54, 1.807) is 6.07 Å². The molecule has 1 aromatic rings. The van der Waals surface area contributed by atoms with Gasteiger partial charge >= 0.3 is 5.97 Å². The van der Waals surface area contributed by atoms with Gasteiger partial charge in [0, 0.05) is 12.7 Å². The minimum absolute atomic E-state index is 0.0495. The molecule has 1 aromatic heterocycles. The molecule has 1 rings (SSSR count). The second-order valence-electron chi connectivity index (χ2n) is 4.19. The molecular formula is C11H17N3O3. The number of nitrogens with one attached hydrogen (secondary N) is 1. The van der Waals surface area contributed by atoms with Crippen LogP contribution in [0.4, 0.5) is 0 Å². The lowest BCUT2D eigenvalue weighted by molar-refractivity contribution is -0.137. The van der Waals surface area contributed by atoms with Crippen molar-refractivity contribution < 1.29 is 14.7 Å². The first-order valence-electron chi connectivity index (χ1n) is 5.52. The smallest absolute Gasteiger partial charge is 0.305 e. The molecule has 6 nitrogen and oxygen atoms in total. The lowest BCUT2D eigenvalue weighted by Crippen LogP contribution is -2.29. The fourth-order valence-corrected chi connectivity index (χ4v) is 1.29. The van der Waals surface area contributed by atoms with Crippen molar-refractivity contribution in [2.45, 2.75) is 26.8 Å². The summed E-state index contributed by atoms with van der Waals surface area (Å²) < 4.78 is 1.41. The Morgan fingerprint density at radius 2 is 2.24 bits per heavy atom. The first-order chi connectivity index (χ1) is 8.00. The molecule has 0 radical (unpaired) electrons. The first kappa shape index (κ1) is 13.2. The number of aryl methyl sites for hydroxylation is 1. The fourth-order valence-electron chi connectivity index (χ4n) is 1.29. The largest absolute Gasteiger partial charge is 0.481 e. The summed E-state index contributed by atoms with van der Waals surface area (Å²) in [5.41, 5.74) is 0.395. The molecule has 1 heterocycles. The Hall–Kier alpha value is -1.85. The predicted molar refractivity (Wildman–Crippen MR) is 61.7 cm³/mol. The fraction of sp³-hybridized carbons (Fsp3) is 0.545. The van der Waals surface area contributed by atoms with Crippen molar-refractivity contribution in [3.63, 3.8) is 0 Å². The molecule has 0 saturated heterocycles. The third-order valence-corrected chi connectivity index (χ3v) is 2.16. The summed E-state index contributed by atoms with van der Waals surface area (Å²) in [5, 5.41) is 15.3. The van der Waals surface area contributed by atoms with Crippen LogP contribution in [0.15, 0.2) is 12.3 Å². The topological polar surface area (TPSA) is 84.2 Å². The number of carboxylic acids is 1. The van der Waals surface area contributed by atoms with E-state index in [9.17, 15) is 9.59 Å². The molecule has 0 spiro atoms. The van der Waals surface area contributed by atoms with Crippen LogP contribution in [-0.2, 0) is 11.3 Å². The van der Waals surface area contributed by atoms with Crippen molar-refractivity contribution in [3.05, 3.63) is 18.0 Å². The van der Waals surface area contributed by atoms with Gasteiger partial charge in [-0.1, -0.05) is 13.8 Å². The zero-order chi connectivity index (χ0) is 12.8. The van der Waals surface area contributed by atoms with E-state index in [2.05, 4.69) is 10.4 Å². The quantitative estimate of drug-likeness (QED) is 0.767. The summed E-state index contributed by atoms with van der Waals surface area (Å²) in [7, 11) is 0. The van der Waals surface area contributed by atoms with Crippen molar-refractivity contribution in [3.8, 4) is 0 Å². The van der Waals surface area contributed by atoms with Gasteiger partial charge in [-0.2, -0.15) is 5.10 Å². The molecule has 17 heavy (non-hydrogen) atoms. The van der Waals surface area contributed by atoms with Crippen LogP contribution in [0.1, 0.15) is 30.8 Å². The van der Waals surface area contributed by atoms with Crippen LogP contribution in [0.5, 0.6) is 0 Å². The van der Waals surface area contributed by atoms with Gasteiger partial charge in [-0.25, -0.2) is 0 Å². The van der Waals surface area contributed by atoms with E-state index in [0.29, 0.717) is 18.2 Å². The van der Waals surface area contributed by atoms with E-state index in [1.807, 2.05) is 13.8 Å². The van der Waals surface area contributed by atoms with Gasteiger partial charge in [0.2, 0.25) is 0 Å². The average molecular weight is 239 g/mol. The zero-order valence-corrected chi connectivity index (χ0v) is 10.0. The third-order valence-electron chi connectivity index (χ3n) is 2.16. The van der Waals surface area contributed by atoms with E-state index < -0.39 is 5.97 Å². The number of hydrogen-bond acceptors (Lipinski definition) is 3. The van der Waals surface area contributed by atoms with Gasteiger partial charge in [-0.15, -0.1) is 0 Å². The van der Waals surface area contributed by atoms with Crippen LogP contribution in [0.25, 0.3) is 0 Å². The highest BCUT2D eigenvalue weighted by molar-refractivity contribution is 5.92. The van der Waals surface area contributed by atoms with E-state index >= 15 is 0 Å². The standard InChI is InChI=1S/C11H17N3O3/c1-8(2)7-12-11(17)9-3-5-13-14(9)6-4-10(15)16/h3,5,8H,4,6-7H2,1-2H3,(H,12,17)(H,15,16). The lowest BCUT2D eigenvalue weighted by Gasteiger charge is -2.09. The van der Waals surface area contributed by atoms with E-state index in [-0.39, 0.29) is 18.9 Å². The SMILES string of the molecule is CC(C)CNC(=O)c1ccnn1CCC(=O)O. The summed E-state index contributed by atoms with van der Waals surface area (Å²) in [6.45, 7) is 4.79. The molecule has 0 atom stereocenters. The number of aromatic nitrogens is 2. The van der Waals surface area contributed by atoms with Gasteiger partial charge in [-0.05, 0) is 12.0 Å². The number of amides is 1. The maximum atomic E-state index is 11.8. The van der Waals surface area contributed by atoms with Crippen LogP contribution < -0.4 is 5.32 Å². The Morgan fingerprint density at radius 3 is 2.82 bits per heavy atom. The second kappa shape index (κ2) is 6.03. The number of rotatable bonds is 6. The minimum Gasteiger partial charge on any atom is -0.481 e. The highest BCUT2D eigenvalue weighted by Gasteiger charge is 2.12. The van der Waals surface area contributed by atoms with Crippen LogP contribution >= 0.6 is 0 Å². The molecule has 0 aromatic carbocycles. The highest BCUT2D eigenvalue weighted by Crippen LogP contribution is 2.01. The second-order valence-corrected chi connectivity index (χ2v) is 4.19. The third kappa shape index (κ3) is 4.26. The van der Waals surface area contributed by atoms with Gasteiger partial charge in [0.25, 0.3) is 5.91 Å². The predicted octanol–water partition coefficient (Wildman–Crippen LogP) is 0.744. The first-order valence-corrected chi connectivity index (χ1v) is 5.52. The number of hydrogen-bond donors (Lipinski definition) is 2. The summed E-state index contributed by atoms with van der Waals surface area (Å²) in [6, 6.07) is 1.58. The van der Waals surface area contributed by atoms with Crippen molar-refractivity contribution in [1.82, 2.24) is 15.1 Å². The number of carboxylic acid groups (broad SMARTS) is 1. The number of carbonyl (C=O) groups excluding carboxylic acids is 1. The Labute approximate surface area is 99.6 Å². The summed E-state index contributed by atoms with van der Waals surface area (Å²) in [5.74, 6) is -0.759. The Morgan fingerprint density at radius 1 is 1.53 bits per heavy atom. The van der Waals surface area contributed by atoms with Crippen molar-refractivity contribution in [2.24, 2.45) is 5.92 Å². The molecule has 6 heteroatoms. The zero-order valence-electron chi connectivity index (χ0n) is 10.0. The Kier molecular flexibility index (Phi) is 4.68. The summed E-state index contributed by atoms with van der Waals surface area (Å²) in [4.78, 5) is 22.2. The number of aliphatic carboxylic acids is 1. The average Bonchev–Trinajstić information content (AvgIpc) is 2.71. The molecule has 0 aliphatic carbocycles. The monoisotopic (exact) mass is 239 g/mol. The molecule has 0 unspecified atom stereocenters. The maximum Gasteiger partial charge on any atom is 0.305 e. The summed E-state index contributed by atoms with van der Waals surface area (Å²) in [6.07, 6.45) is 1.44. The molecular weight excluding hydrogens is 222 g/mol. The molecule has 2 N–H and O–H groups in total. The van der Waals surface area contributed by atoms with Crippen molar-refractivity contribution in [2.75, 3.05) is 6.54 Å². The molecule has 0 fully saturated rings. The van der Waals surface area contributed by atoms with Crippen LogP contribution in [0.2, 0.25) is 0 Å². The van der Waals surface area contributed by atoms with Gasteiger partial charge in [0.05, 0.1) is 13.0 Å². The maximum absolute atomic E-state index is 11.8. The molecule has 0 aliphatic rings. The number of carbonyl (C=O) groups is 2. The van der Waals surface area contributed by atoms with Gasteiger partial charge < -0.3 is 10.4 Å². The van der Waals surface area contributed by atoms with Gasteiger partial charge in [0.15, 0.2) is 0 Å². The molecule has 0 saturated carbocycles. The van der Waals surface area contributed by atoms with E-state index in [1.165, 1.54) is 10.9 Å². The van der Waals surface area contributed by atoms with Crippen LogP contribution in [0.3, 0.4) is 0 Å². The van der Waals surface area contributed by atoms with Crippen molar-refractivity contribution >= 4 is 11.9 Å². The molecule has 94 valence electrons. The highest BCUT2D eigenvalue weighted by atomic mass is 16.4. The van der Waals surface area contributed by atoms with E-state index in [4.69, 9.17) is 5.11 Å².